The maximum atomic E-state index is 5.92. The van der Waals surface area contributed by atoms with Crippen LogP contribution in [0.3, 0.4) is 0 Å². The molecule has 3 heterocycles. The molecule has 1 N–H and O–H groups in total. The molecule has 2 aromatic heterocycles. The minimum Gasteiger partial charge on any atom is -0.398 e. The van der Waals surface area contributed by atoms with E-state index in [0.717, 1.165) is 5.52 Å². The van der Waals surface area contributed by atoms with Crippen LogP contribution in [0, 0.1) is 0 Å². The third kappa shape index (κ3) is 1.62. The molecule has 1 fully saturated rings. The van der Waals surface area contributed by atoms with E-state index in [1.54, 1.807) is 12.4 Å². The van der Waals surface area contributed by atoms with Crippen LogP contribution in [0.5, 0.6) is 0 Å². The van der Waals surface area contributed by atoms with Gasteiger partial charge in [-0.05, 0) is 27.7 Å². The van der Waals surface area contributed by atoms with E-state index in [9.17, 15) is 0 Å². The van der Waals surface area contributed by atoms with Crippen molar-refractivity contribution in [1.29, 1.82) is 0 Å². The van der Waals surface area contributed by atoms with Gasteiger partial charge >= 0.3 is 7.12 Å². The third-order valence-corrected chi connectivity index (χ3v) is 3.67. The van der Waals surface area contributed by atoms with Crippen molar-refractivity contribution < 1.29 is 9.31 Å². The molecule has 0 spiro atoms. The lowest BCUT2D eigenvalue weighted by atomic mass is 9.85. The average molecular weight is 246 g/mol. The molecular formula is C11H15BN4O2. The van der Waals surface area contributed by atoms with Gasteiger partial charge in [-0.3, -0.25) is 5.10 Å². The lowest BCUT2D eigenvalue weighted by Crippen LogP contribution is -2.41. The minimum absolute atomic E-state index is 0.373. The van der Waals surface area contributed by atoms with Gasteiger partial charge < -0.3 is 9.31 Å². The summed E-state index contributed by atoms with van der Waals surface area (Å²) >= 11 is 0. The van der Waals surface area contributed by atoms with Crippen LogP contribution < -0.4 is 5.59 Å². The molecular weight excluding hydrogens is 231 g/mol. The normalized spacial score (nSPS) is 21.7. The Hall–Kier alpha value is -1.47. The van der Waals surface area contributed by atoms with E-state index in [0.29, 0.717) is 11.2 Å². The lowest BCUT2D eigenvalue weighted by Gasteiger charge is -2.32. The van der Waals surface area contributed by atoms with Crippen LogP contribution in [-0.4, -0.2) is 38.5 Å². The molecule has 1 aliphatic heterocycles. The van der Waals surface area contributed by atoms with Crippen molar-refractivity contribution in [2.24, 2.45) is 0 Å². The van der Waals surface area contributed by atoms with Crippen molar-refractivity contribution in [3.05, 3.63) is 12.4 Å². The van der Waals surface area contributed by atoms with E-state index in [2.05, 4.69) is 20.2 Å². The largest absolute Gasteiger partial charge is 0.516 e. The van der Waals surface area contributed by atoms with Crippen LogP contribution in [-0.2, 0) is 9.31 Å². The van der Waals surface area contributed by atoms with E-state index in [1.165, 1.54) is 0 Å². The molecule has 7 heteroatoms. The van der Waals surface area contributed by atoms with Crippen molar-refractivity contribution in [2.75, 3.05) is 0 Å². The van der Waals surface area contributed by atoms with Crippen LogP contribution in [0.1, 0.15) is 27.7 Å². The van der Waals surface area contributed by atoms with Gasteiger partial charge in [-0.1, -0.05) is 0 Å². The summed E-state index contributed by atoms with van der Waals surface area (Å²) < 4.78 is 11.8. The summed E-state index contributed by atoms with van der Waals surface area (Å²) in [5.41, 5.74) is 1.28. The number of aromatic nitrogens is 4. The molecule has 1 aliphatic rings. The molecule has 1 saturated heterocycles. The lowest BCUT2D eigenvalue weighted by molar-refractivity contribution is 0.00578. The van der Waals surface area contributed by atoms with Gasteiger partial charge in [0.1, 0.15) is 5.52 Å². The summed E-state index contributed by atoms with van der Waals surface area (Å²) in [7, 11) is -0.491. The highest BCUT2D eigenvalue weighted by molar-refractivity contribution is 6.61. The summed E-state index contributed by atoms with van der Waals surface area (Å²) in [5.74, 6) is 0. The van der Waals surface area contributed by atoms with Crippen LogP contribution in [0.25, 0.3) is 11.2 Å². The van der Waals surface area contributed by atoms with E-state index < -0.39 is 7.12 Å². The summed E-state index contributed by atoms with van der Waals surface area (Å²) in [5, 5.41) is 6.68. The quantitative estimate of drug-likeness (QED) is 0.748. The second kappa shape index (κ2) is 3.52. The Morgan fingerprint density at radius 1 is 1.11 bits per heavy atom. The second-order valence-corrected chi connectivity index (χ2v) is 5.49. The number of aromatic amines is 1. The minimum atomic E-state index is -0.491. The smallest absolute Gasteiger partial charge is 0.398 e. The maximum Gasteiger partial charge on any atom is 0.516 e. The van der Waals surface area contributed by atoms with Gasteiger partial charge in [-0.15, -0.1) is 0 Å². The van der Waals surface area contributed by atoms with Gasteiger partial charge in [-0.25, -0.2) is 9.97 Å². The standard InChI is InChI=1S/C11H15BN4O2/c1-10(2)11(3,4)18-12(17-10)8-6-13-7-5-14-16-9(7)15-8/h5-6H,1-4H3,(H,14,15,16). The zero-order valence-corrected chi connectivity index (χ0v) is 10.9. The first-order valence-electron chi connectivity index (χ1n) is 5.91. The Morgan fingerprint density at radius 3 is 2.44 bits per heavy atom. The molecule has 94 valence electrons. The zero-order chi connectivity index (χ0) is 13.0. The maximum absolute atomic E-state index is 5.92. The van der Waals surface area contributed by atoms with Gasteiger partial charge in [0, 0.05) is 6.20 Å². The number of fused-ring (bicyclic) bond motifs is 1. The number of hydrogen-bond donors (Lipinski definition) is 1. The Balaban J connectivity index is 1.96. The number of hydrogen-bond acceptors (Lipinski definition) is 5. The first-order chi connectivity index (χ1) is 8.39. The summed E-state index contributed by atoms with van der Waals surface area (Å²) in [6.07, 6.45) is 3.30. The number of rotatable bonds is 1. The highest BCUT2D eigenvalue weighted by atomic mass is 16.7. The Bertz CT molecular complexity index is 579. The first kappa shape index (κ1) is 11.6. The van der Waals surface area contributed by atoms with E-state index in [-0.39, 0.29) is 11.2 Å². The van der Waals surface area contributed by atoms with Gasteiger partial charge in [-0.2, -0.15) is 5.10 Å². The number of nitrogens with one attached hydrogen (secondary N) is 1. The molecule has 2 aromatic rings. The van der Waals surface area contributed by atoms with Crippen LogP contribution in [0.4, 0.5) is 0 Å². The first-order valence-corrected chi connectivity index (χ1v) is 5.91. The molecule has 0 radical (unpaired) electrons. The Kier molecular flexibility index (Phi) is 2.27. The fourth-order valence-corrected chi connectivity index (χ4v) is 1.82. The molecule has 0 aliphatic carbocycles. The fourth-order valence-electron chi connectivity index (χ4n) is 1.82. The van der Waals surface area contributed by atoms with E-state index in [1.807, 2.05) is 27.7 Å². The van der Waals surface area contributed by atoms with Crippen molar-refractivity contribution in [2.45, 2.75) is 38.9 Å². The van der Waals surface area contributed by atoms with Crippen molar-refractivity contribution >= 4 is 23.9 Å². The molecule has 0 unspecified atom stereocenters. The Labute approximate surface area is 105 Å². The fraction of sp³-hybridized carbons (Fsp3) is 0.545. The topological polar surface area (TPSA) is 72.9 Å². The average Bonchev–Trinajstić information content (AvgIpc) is 2.80. The second-order valence-electron chi connectivity index (χ2n) is 5.49. The van der Waals surface area contributed by atoms with Gasteiger partial charge in [0.2, 0.25) is 0 Å². The van der Waals surface area contributed by atoms with Crippen LogP contribution in [0.15, 0.2) is 12.4 Å². The Morgan fingerprint density at radius 2 is 1.78 bits per heavy atom. The van der Waals surface area contributed by atoms with Crippen molar-refractivity contribution in [3.8, 4) is 0 Å². The monoisotopic (exact) mass is 246 g/mol. The molecule has 3 rings (SSSR count). The third-order valence-electron chi connectivity index (χ3n) is 3.67. The number of nitrogens with zero attached hydrogens (tertiary/aromatic N) is 3. The SMILES string of the molecule is CC1(C)OB(c2cnc3cn[nH]c3n2)OC1(C)C. The van der Waals surface area contributed by atoms with E-state index >= 15 is 0 Å². The molecule has 0 amide bonds. The molecule has 0 atom stereocenters. The van der Waals surface area contributed by atoms with Gasteiger partial charge in [0.15, 0.2) is 5.65 Å². The highest BCUT2D eigenvalue weighted by Gasteiger charge is 2.52. The zero-order valence-electron chi connectivity index (χ0n) is 10.9. The van der Waals surface area contributed by atoms with Crippen LogP contribution in [0.2, 0.25) is 0 Å². The van der Waals surface area contributed by atoms with Gasteiger partial charge in [0.05, 0.1) is 23.0 Å². The molecule has 0 bridgehead atoms. The number of H-pyrrole nitrogens is 1. The molecule has 0 aromatic carbocycles. The molecule has 18 heavy (non-hydrogen) atoms. The summed E-state index contributed by atoms with van der Waals surface area (Å²) in [4.78, 5) is 8.68. The summed E-state index contributed by atoms with van der Waals surface area (Å²) in [6.45, 7) is 8.04. The molecule has 0 saturated carbocycles. The molecule has 6 nitrogen and oxygen atoms in total. The highest BCUT2D eigenvalue weighted by Crippen LogP contribution is 2.36. The van der Waals surface area contributed by atoms with E-state index in [4.69, 9.17) is 9.31 Å². The van der Waals surface area contributed by atoms with Crippen molar-refractivity contribution in [3.63, 3.8) is 0 Å². The predicted octanol–water partition coefficient (Wildman–Crippen LogP) is 0.652. The van der Waals surface area contributed by atoms with Crippen molar-refractivity contribution in [1.82, 2.24) is 20.2 Å². The summed E-state index contributed by atoms with van der Waals surface area (Å²) in [6, 6.07) is 0. The van der Waals surface area contributed by atoms with Crippen LogP contribution >= 0.6 is 0 Å². The predicted molar refractivity (Wildman–Crippen MR) is 67.4 cm³/mol. The van der Waals surface area contributed by atoms with Gasteiger partial charge in [0.25, 0.3) is 0 Å².